The highest BCUT2D eigenvalue weighted by Gasteiger charge is 2.00. The van der Waals surface area contributed by atoms with Gasteiger partial charge in [0, 0.05) is 38.2 Å². The first-order valence-electron chi connectivity index (χ1n) is 7.59. The molecule has 1 aromatic rings. The van der Waals surface area contributed by atoms with Gasteiger partial charge >= 0.3 is 0 Å². The summed E-state index contributed by atoms with van der Waals surface area (Å²) in [6.07, 6.45) is 1.95. The van der Waals surface area contributed by atoms with Crippen LogP contribution in [0.5, 0.6) is 0 Å². The van der Waals surface area contributed by atoms with Crippen molar-refractivity contribution in [3.8, 4) is 0 Å². The van der Waals surface area contributed by atoms with E-state index in [-0.39, 0.29) is 24.0 Å². The quantitative estimate of drug-likeness (QED) is 0.187. The molecule has 1 aromatic heterocycles. The van der Waals surface area contributed by atoms with E-state index >= 15 is 0 Å². The van der Waals surface area contributed by atoms with Crippen LogP contribution in [0.4, 0.5) is 0 Å². The fourth-order valence-electron chi connectivity index (χ4n) is 1.73. The van der Waals surface area contributed by atoms with Crippen LogP contribution in [0.25, 0.3) is 0 Å². The fourth-order valence-corrected chi connectivity index (χ4v) is 3.49. The van der Waals surface area contributed by atoms with Crippen molar-refractivity contribution in [3.63, 3.8) is 0 Å². The molecule has 0 bridgehead atoms. The average Bonchev–Trinajstić information content (AvgIpc) is 2.92. The minimum atomic E-state index is 0. The first-order chi connectivity index (χ1) is 10.8. The summed E-state index contributed by atoms with van der Waals surface area (Å²) in [7, 11) is 1.68. The van der Waals surface area contributed by atoms with Gasteiger partial charge in [-0.15, -0.1) is 35.3 Å². The Morgan fingerprint density at radius 3 is 2.74 bits per heavy atom. The summed E-state index contributed by atoms with van der Waals surface area (Å²) in [5.41, 5.74) is 0. The van der Waals surface area contributed by atoms with Gasteiger partial charge in [-0.2, -0.15) is 0 Å². The number of nitrogens with one attached hydrogen (secondary N) is 2. The van der Waals surface area contributed by atoms with E-state index in [1.54, 1.807) is 7.11 Å². The smallest absolute Gasteiger partial charge is 0.191 e. The summed E-state index contributed by atoms with van der Waals surface area (Å²) in [5.74, 6) is 0.880. The number of guanidine groups is 1. The zero-order valence-corrected chi connectivity index (χ0v) is 19.1. The number of halogens is 2. The van der Waals surface area contributed by atoms with E-state index in [1.807, 2.05) is 11.3 Å². The maximum atomic E-state index is 5.42. The Balaban J connectivity index is 0.00000484. The Hall–Kier alpha value is 0.350. The first kappa shape index (κ1) is 23.4. The number of ether oxygens (including phenoxy) is 2. The van der Waals surface area contributed by atoms with Gasteiger partial charge in [0.25, 0.3) is 0 Å². The van der Waals surface area contributed by atoms with Crippen molar-refractivity contribution >= 4 is 63.9 Å². The summed E-state index contributed by atoms with van der Waals surface area (Å²) < 4.78 is 11.7. The number of rotatable bonds is 11. The van der Waals surface area contributed by atoms with Crippen molar-refractivity contribution in [2.45, 2.75) is 19.8 Å². The SMILES string of the molecule is CCNC(=NCCCOCCOC)NCCc1ccc(I)s1.I. The van der Waals surface area contributed by atoms with E-state index in [1.165, 1.54) is 7.76 Å². The molecule has 2 N–H and O–H groups in total. The molecule has 0 atom stereocenters. The molecule has 0 aliphatic heterocycles. The van der Waals surface area contributed by atoms with E-state index in [0.29, 0.717) is 13.2 Å². The van der Waals surface area contributed by atoms with Crippen LogP contribution in [0.3, 0.4) is 0 Å². The van der Waals surface area contributed by atoms with Gasteiger partial charge in [0.1, 0.15) is 0 Å². The molecule has 0 radical (unpaired) electrons. The van der Waals surface area contributed by atoms with Gasteiger partial charge in [-0.3, -0.25) is 4.99 Å². The maximum Gasteiger partial charge on any atom is 0.191 e. The van der Waals surface area contributed by atoms with E-state index in [0.717, 1.165) is 45.0 Å². The third-order valence-corrected chi connectivity index (χ3v) is 4.74. The number of hydrogen-bond acceptors (Lipinski definition) is 4. The fraction of sp³-hybridized carbons (Fsp3) is 0.667. The van der Waals surface area contributed by atoms with Crippen molar-refractivity contribution in [2.24, 2.45) is 4.99 Å². The lowest BCUT2D eigenvalue weighted by molar-refractivity contribution is 0.0702. The Morgan fingerprint density at radius 2 is 2.09 bits per heavy atom. The summed E-state index contributed by atoms with van der Waals surface area (Å²) in [4.78, 5) is 5.95. The van der Waals surface area contributed by atoms with Gasteiger partial charge in [0.05, 0.1) is 16.1 Å². The molecular weight excluding hydrogens is 540 g/mol. The molecule has 0 aliphatic carbocycles. The van der Waals surface area contributed by atoms with Crippen molar-refractivity contribution in [3.05, 3.63) is 19.9 Å². The van der Waals surface area contributed by atoms with Crippen LogP contribution in [0.15, 0.2) is 17.1 Å². The predicted molar refractivity (Wildman–Crippen MR) is 117 cm³/mol. The second-order valence-corrected chi connectivity index (χ2v) is 7.66. The molecule has 134 valence electrons. The van der Waals surface area contributed by atoms with Crippen LogP contribution in [-0.2, 0) is 15.9 Å². The summed E-state index contributed by atoms with van der Waals surface area (Å²) in [5, 5.41) is 6.64. The van der Waals surface area contributed by atoms with Crippen LogP contribution in [0, 0.1) is 2.88 Å². The Kier molecular flexibility index (Phi) is 16.1. The molecular formula is C15H27I2N3O2S. The molecule has 0 saturated carbocycles. The third-order valence-electron chi connectivity index (χ3n) is 2.79. The number of thiophene rings is 1. The first-order valence-corrected chi connectivity index (χ1v) is 9.49. The molecule has 0 spiro atoms. The summed E-state index contributed by atoms with van der Waals surface area (Å²) in [6.45, 7) is 6.62. The van der Waals surface area contributed by atoms with Gasteiger partial charge in [-0.05, 0) is 54.5 Å². The van der Waals surface area contributed by atoms with Crippen molar-refractivity contribution < 1.29 is 9.47 Å². The minimum Gasteiger partial charge on any atom is -0.382 e. The van der Waals surface area contributed by atoms with E-state index in [4.69, 9.17) is 9.47 Å². The van der Waals surface area contributed by atoms with Gasteiger partial charge in [0.2, 0.25) is 0 Å². The maximum absolute atomic E-state index is 5.42. The topological polar surface area (TPSA) is 54.9 Å². The number of nitrogens with zero attached hydrogens (tertiary/aromatic N) is 1. The predicted octanol–water partition coefficient (Wildman–Crippen LogP) is 3.12. The molecule has 1 heterocycles. The van der Waals surface area contributed by atoms with E-state index in [2.05, 4.69) is 57.3 Å². The lowest BCUT2D eigenvalue weighted by Crippen LogP contribution is -2.38. The van der Waals surface area contributed by atoms with Crippen LogP contribution >= 0.6 is 57.9 Å². The van der Waals surface area contributed by atoms with E-state index in [9.17, 15) is 0 Å². The number of hydrogen-bond donors (Lipinski definition) is 2. The number of methoxy groups -OCH3 is 1. The highest BCUT2D eigenvalue weighted by molar-refractivity contribution is 14.1. The Bertz CT molecular complexity index is 431. The lowest BCUT2D eigenvalue weighted by atomic mass is 10.3. The Morgan fingerprint density at radius 1 is 1.26 bits per heavy atom. The molecule has 23 heavy (non-hydrogen) atoms. The molecule has 0 fully saturated rings. The van der Waals surface area contributed by atoms with Crippen molar-refractivity contribution in [1.82, 2.24) is 10.6 Å². The second kappa shape index (κ2) is 15.9. The highest BCUT2D eigenvalue weighted by atomic mass is 127. The van der Waals surface area contributed by atoms with Crippen LogP contribution in [-0.4, -0.2) is 52.5 Å². The molecule has 0 saturated heterocycles. The molecule has 0 aliphatic rings. The minimum absolute atomic E-state index is 0. The summed E-state index contributed by atoms with van der Waals surface area (Å²) in [6, 6.07) is 4.35. The molecule has 1 rings (SSSR count). The summed E-state index contributed by atoms with van der Waals surface area (Å²) >= 11 is 4.20. The second-order valence-electron chi connectivity index (χ2n) is 4.60. The zero-order valence-electron chi connectivity index (χ0n) is 13.8. The van der Waals surface area contributed by atoms with E-state index < -0.39 is 0 Å². The third kappa shape index (κ3) is 12.4. The van der Waals surface area contributed by atoms with Crippen LogP contribution in [0.1, 0.15) is 18.2 Å². The standard InChI is InChI=1S/C15H26IN3O2S.HI/c1-3-17-15(18-8-4-10-21-12-11-20-2)19-9-7-13-5-6-14(16)22-13;/h5-6H,3-4,7-12H2,1-2H3,(H2,17,18,19);1H. The normalized spacial score (nSPS) is 11.2. The van der Waals surface area contributed by atoms with Crippen LogP contribution < -0.4 is 10.6 Å². The number of aliphatic imine (C=N–C) groups is 1. The van der Waals surface area contributed by atoms with Gasteiger partial charge < -0.3 is 20.1 Å². The van der Waals surface area contributed by atoms with Gasteiger partial charge in [0.15, 0.2) is 5.96 Å². The zero-order chi connectivity index (χ0) is 16.0. The molecule has 0 unspecified atom stereocenters. The average molecular weight is 567 g/mol. The van der Waals surface area contributed by atoms with Crippen molar-refractivity contribution in [2.75, 3.05) is 46.6 Å². The molecule has 5 nitrogen and oxygen atoms in total. The molecule has 0 aromatic carbocycles. The van der Waals surface area contributed by atoms with Gasteiger partial charge in [-0.25, -0.2) is 0 Å². The highest BCUT2D eigenvalue weighted by Crippen LogP contribution is 2.18. The molecule has 8 heteroatoms. The largest absolute Gasteiger partial charge is 0.382 e. The lowest BCUT2D eigenvalue weighted by Gasteiger charge is -2.10. The monoisotopic (exact) mass is 567 g/mol. The van der Waals surface area contributed by atoms with Gasteiger partial charge in [-0.1, -0.05) is 0 Å². The van der Waals surface area contributed by atoms with Crippen molar-refractivity contribution in [1.29, 1.82) is 0 Å². The molecule has 0 amide bonds. The Labute approximate surface area is 174 Å². The van der Waals surface area contributed by atoms with Crippen LogP contribution in [0.2, 0.25) is 0 Å².